The SMILES string of the molecule is CCOc1n[nH]c(NS(=O)(=O)N2CCC(C)CC2)n1. The van der Waals surface area contributed by atoms with Crippen molar-refractivity contribution in [3.8, 4) is 6.01 Å². The molecule has 0 saturated carbocycles. The van der Waals surface area contributed by atoms with Crippen LogP contribution in [-0.2, 0) is 10.2 Å². The Morgan fingerprint density at radius 3 is 2.79 bits per heavy atom. The number of nitrogens with zero attached hydrogens (tertiary/aromatic N) is 3. The highest BCUT2D eigenvalue weighted by Crippen LogP contribution is 2.19. The second-order valence-corrected chi connectivity index (χ2v) is 6.26. The number of hydrogen-bond donors (Lipinski definition) is 2. The lowest BCUT2D eigenvalue weighted by Gasteiger charge is -2.28. The first-order chi connectivity index (χ1) is 9.01. The molecule has 2 heterocycles. The lowest BCUT2D eigenvalue weighted by Crippen LogP contribution is -2.41. The first kappa shape index (κ1) is 14.1. The fraction of sp³-hybridized carbons (Fsp3) is 0.800. The Hall–Kier alpha value is -1.35. The zero-order valence-electron chi connectivity index (χ0n) is 11.1. The summed E-state index contributed by atoms with van der Waals surface area (Å²) in [4.78, 5) is 3.89. The van der Waals surface area contributed by atoms with Crippen LogP contribution >= 0.6 is 0 Å². The van der Waals surface area contributed by atoms with Gasteiger partial charge in [-0.05, 0) is 25.7 Å². The number of hydrogen-bond acceptors (Lipinski definition) is 5. The van der Waals surface area contributed by atoms with Gasteiger partial charge in [-0.3, -0.25) is 0 Å². The topological polar surface area (TPSA) is 100 Å². The molecule has 9 heteroatoms. The number of aromatic amines is 1. The van der Waals surface area contributed by atoms with Crippen molar-refractivity contribution in [2.45, 2.75) is 26.7 Å². The van der Waals surface area contributed by atoms with Gasteiger partial charge < -0.3 is 4.74 Å². The fourth-order valence-electron chi connectivity index (χ4n) is 1.90. The lowest BCUT2D eigenvalue weighted by molar-refractivity contribution is 0.289. The summed E-state index contributed by atoms with van der Waals surface area (Å²) in [6.45, 7) is 5.41. The Bertz CT molecular complexity index is 507. The molecule has 0 aromatic carbocycles. The van der Waals surface area contributed by atoms with Crippen molar-refractivity contribution in [3.05, 3.63) is 0 Å². The van der Waals surface area contributed by atoms with Crippen LogP contribution in [-0.4, -0.2) is 47.6 Å². The smallest absolute Gasteiger partial charge is 0.337 e. The Labute approximate surface area is 112 Å². The van der Waals surface area contributed by atoms with E-state index in [9.17, 15) is 8.42 Å². The number of piperidine rings is 1. The van der Waals surface area contributed by atoms with Crippen molar-refractivity contribution in [1.82, 2.24) is 19.5 Å². The minimum atomic E-state index is -3.57. The summed E-state index contributed by atoms with van der Waals surface area (Å²) in [7, 11) is -3.57. The van der Waals surface area contributed by atoms with E-state index in [0.717, 1.165) is 12.8 Å². The van der Waals surface area contributed by atoms with Crippen LogP contribution in [0.15, 0.2) is 0 Å². The standard InChI is InChI=1S/C10H19N5O3S/c1-3-18-10-11-9(12-13-10)14-19(16,17)15-6-4-8(2)5-7-15/h8H,3-7H2,1-2H3,(H2,11,12,13,14). The van der Waals surface area contributed by atoms with Crippen molar-refractivity contribution in [1.29, 1.82) is 0 Å². The summed E-state index contributed by atoms with van der Waals surface area (Å²) in [6.07, 6.45) is 1.75. The molecule has 0 amide bonds. The molecular formula is C10H19N5O3S. The second-order valence-electron chi connectivity index (χ2n) is 4.59. The zero-order valence-corrected chi connectivity index (χ0v) is 11.9. The molecule has 2 N–H and O–H groups in total. The maximum Gasteiger partial charge on any atom is 0.337 e. The van der Waals surface area contributed by atoms with Gasteiger partial charge in [-0.25, -0.2) is 9.82 Å². The maximum absolute atomic E-state index is 12.1. The molecule has 1 aromatic rings. The second kappa shape index (κ2) is 5.74. The van der Waals surface area contributed by atoms with Gasteiger partial charge in [0, 0.05) is 13.1 Å². The summed E-state index contributed by atoms with van der Waals surface area (Å²) in [6, 6.07) is 0.132. The van der Waals surface area contributed by atoms with Gasteiger partial charge in [0.2, 0.25) is 5.95 Å². The molecule has 1 aliphatic rings. The van der Waals surface area contributed by atoms with E-state index in [0.29, 0.717) is 25.6 Å². The van der Waals surface area contributed by atoms with E-state index in [1.807, 2.05) is 0 Å². The third-order valence-electron chi connectivity index (χ3n) is 3.05. The molecule has 0 radical (unpaired) electrons. The van der Waals surface area contributed by atoms with E-state index < -0.39 is 10.2 Å². The van der Waals surface area contributed by atoms with Crippen molar-refractivity contribution >= 4 is 16.2 Å². The molecule has 1 aromatic heterocycles. The van der Waals surface area contributed by atoms with Crippen molar-refractivity contribution in [3.63, 3.8) is 0 Å². The number of anilines is 1. The Morgan fingerprint density at radius 1 is 1.47 bits per heavy atom. The van der Waals surface area contributed by atoms with E-state index in [-0.39, 0.29) is 12.0 Å². The van der Waals surface area contributed by atoms with E-state index in [2.05, 4.69) is 26.8 Å². The highest BCUT2D eigenvalue weighted by molar-refractivity contribution is 7.90. The van der Waals surface area contributed by atoms with E-state index in [1.54, 1.807) is 6.92 Å². The number of nitrogens with one attached hydrogen (secondary N) is 2. The molecule has 108 valence electrons. The van der Waals surface area contributed by atoms with Gasteiger partial charge in [0.15, 0.2) is 0 Å². The third-order valence-corrected chi connectivity index (χ3v) is 4.54. The quantitative estimate of drug-likeness (QED) is 0.826. The summed E-state index contributed by atoms with van der Waals surface area (Å²) >= 11 is 0. The number of rotatable bonds is 5. The molecule has 2 rings (SSSR count). The predicted molar refractivity (Wildman–Crippen MR) is 70.1 cm³/mol. The Morgan fingerprint density at radius 2 is 2.16 bits per heavy atom. The molecule has 1 aliphatic heterocycles. The molecule has 0 aliphatic carbocycles. The highest BCUT2D eigenvalue weighted by atomic mass is 32.2. The van der Waals surface area contributed by atoms with Crippen LogP contribution < -0.4 is 9.46 Å². The zero-order chi connectivity index (χ0) is 13.9. The van der Waals surface area contributed by atoms with Crippen molar-refractivity contribution < 1.29 is 13.2 Å². The van der Waals surface area contributed by atoms with Gasteiger partial charge in [-0.15, -0.1) is 5.10 Å². The Kier molecular flexibility index (Phi) is 4.25. The fourth-order valence-corrected chi connectivity index (χ4v) is 3.05. The van der Waals surface area contributed by atoms with E-state index in [4.69, 9.17) is 4.74 Å². The Balaban J connectivity index is 1.99. The predicted octanol–water partition coefficient (Wildman–Crippen LogP) is 0.592. The molecule has 0 unspecified atom stereocenters. The molecule has 19 heavy (non-hydrogen) atoms. The van der Waals surface area contributed by atoms with Crippen molar-refractivity contribution in [2.24, 2.45) is 5.92 Å². The molecule has 8 nitrogen and oxygen atoms in total. The van der Waals surface area contributed by atoms with Crippen LogP contribution in [0.2, 0.25) is 0 Å². The molecular weight excluding hydrogens is 270 g/mol. The van der Waals surface area contributed by atoms with Crippen LogP contribution in [0.3, 0.4) is 0 Å². The van der Waals surface area contributed by atoms with Crippen LogP contribution in [0.25, 0.3) is 0 Å². The number of ether oxygens (including phenoxy) is 1. The van der Waals surface area contributed by atoms with Gasteiger partial charge in [0.25, 0.3) is 0 Å². The molecule has 1 saturated heterocycles. The van der Waals surface area contributed by atoms with Crippen molar-refractivity contribution in [2.75, 3.05) is 24.4 Å². The molecule has 1 fully saturated rings. The largest absolute Gasteiger partial charge is 0.463 e. The monoisotopic (exact) mass is 289 g/mol. The number of H-pyrrole nitrogens is 1. The molecule has 0 atom stereocenters. The summed E-state index contributed by atoms with van der Waals surface area (Å²) < 4.78 is 33.1. The van der Waals surface area contributed by atoms with Gasteiger partial charge >= 0.3 is 16.2 Å². The summed E-state index contributed by atoms with van der Waals surface area (Å²) in [5, 5.41) is 6.23. The summed E-state index contributed by atoms with van der Waals surface area (Å²) in [5.74, 6) is 0.642. The van der Waals surface area contributed by atoms with E-state index in [1.165, 1.54) is 4.31 Å². The molecule has 0 bridgehead atoms. The normalized spacial score (nSPS) is 18.4. The minimum Gasteiger partial charge on any atom is -0.463 e. The maximum atomic E-state index is 12.1. The van der Waals surface area contributed by atoms with Crippen LogP contribution in [0.5, 0.6) is 6.01 Å². The van der Waals surface area contributed by atoms with Gasteiger partial charge in [0.1, 0.15) is 0 Å². The third kappa shape index (κ3) is 3.57. The average molecular weight is 289 g/mol. The first-order valence-corrected chi connectivity index (χ1v) is 7.78. The van der Waals surface area contributed by atoms with Gasteiger partial charge in [-0.2, -0.15) is 17.7 Å². The number of aromatic nitrogens is 3. The highest BCUT2D eigenvalue weighted by Gasteiger charge is 2.27. The van der Waals surface area contributed by atoms with Crippen LogP contribution in [0, 0.1) is 5.92 Å². The van der Waals surface area contributed by atoms with Crippen LogP contribution in [0.4, 0.5) is 5.95 Å². The minimum absolute atomic E-state index is 0.0714. The van der Waals surface area contributed by atoms with Crippen LogP contribution in [0.1, 0.15) is 26.7 Å². The lowest BCUT2D eigenvalue weighted by atomic mass is 10.0. The first-order valence-electron chi connectivity index (χ1n) is 6.34. The average Bonchev–Trinajstić information content (AvgIpc) is 2.77. The van der Waals surface area contributed by atoms with Gasteiger partial charge in [0.05, 0.1) is 6.61 Å². The molecule has 0 spiro atoms. The summed E-state index contributed by atoms with van der Waals surface area (Å²) in [5.41, 5.74) is 0. The van der Waals surface area contributed by atoms with E-state index >= 15 is 0 Å². The van der Waals surface area contributed by atoms with Gasteiger partial charge in [-0.1, -0.05) is 6.92 Å².